The molecule has 1 saturated carbocycles. The molecule has 0 aromatic carbocycles. The summed E-state index contributed by atoms with van der Waals surface area (Å²) in [5.41, 5.74) is 0. The lowest BCUT2D eigenvalue weighted by Crippen LogP contribution is -2.07. The minimum atomic E-state index is 0.921. The molecule has 0 spiro atoms. The van der Waals surface area contributed by atoms with E-state index in [1.54, 1.807) is 0 Å². The number of rotatable bonds is 3. The van der Waals surface area contributed by atoms with Gasteiger partial charge in [-0.25, -0.2) is 0 Å². The Kier molecular flexibility index (Phi) is 3.44. The highest BCUT2D eigenvalue weighted by Crippen LogP contribution is 2.26. The van der Waals surface area contributed by atoms with Gasteiger partial charge in [0.05, 0.1) is 0 Å². The van der Waals surface area contributed by atoms with Gasteiger partial charge in [-0.05, 0) is 12.8 Å². The van der Waals surface area contributed by atoms with Gasteiger partial charge in [0.15, 0.2) is 0 Å². The lowest BCUT2D eigenvalue weighted by molar-refractivity contribution is 0.886. The van der Waals surface area contributed by atoms with Crippen molar-refractivity contribution in [3.05, 3.63) is 0 Å². The van der Waals surface area contributed by atoms with Crippen LogP contribution < -0.4 is 4.72 Å². The maximum absolute atomic E-state index is 3.31. The fraction of sp³-hybridized carbons (Fsp3) is 1.00. The van der Waals surface area contributed by atoms with Crippen molar-refractivity contribution in [2.24, 2.45) is 0 Å². The van der Waals surface area contributed by atoms with Crippen LogP contribution in [0.3, 0.4) is 0 Å². The Morgan fingerprint density at radius 2 is 2.11 bits per heavy atom. The van der Waals surface area contributed by atoms with Gasteiger partial charge in [-0.1, -0.05) is 31.7 Å². The van der Waals surface area contributed by atoms with Gasteiger partial charge in [0.25, 0.3) is 0 Å². The Hall–Kier alpha value is 0.310. The molecule has 0 aliphatic heterocycles. The number of nitrogens with one attached hydrogen (secondary N) is 1. The molecule has 0 atom stereocenters. The third kappa shape index (κ3) is 2.59. The highest BCUT2D eigenvalue weighted by Gasteiger charge is 2.14. The van der Waals surface area contributed by atoms with E-state index >= 15 is 0 Å². The summed E-state index contributed by atoms with van der Waals surface area (Å²) in [5, 5.41) is 0.921. The normalized spacial score (nSPS) is 21.0. The summed E-state index contributed by atoms with van der Waals surface area (Å²) in [5.74, 6) is 0. The molecule has 1 fully saturated rings. The summed E-state index contributed by atoms with van der Waals surface area (Å²) in [4.78, 5) is 0. The Morgan fingerprint density at radius 1 is 1.44 bits per heavy atom. The van der Waals surface area contributed by atoms with Crippen LogP contribution in [-0.4, -0.2) is 11.8 Å². The van der Waals surface area contributed by atoms with Crippen LogP contribution in [0.25, 0.3) is 0 Å². The molecule has 0 heterocycles. The average Bonchev–Trinajstić information content (AvgIpc) is 2.34. The summed E-state index contributed by atoms with van der Waals surface area (Å²) >= 11 is 1.93. The summed E-state index contributed by atoms with van der Waals surface area (Å²) < 4.78 is 3.31. The fourth-order valence-electron chi connectivity index (χ4n) is 1.21. The first kappa shape index (κ1) is 7.42. The molecule has 9 heavy (non-hydrogen) atoms. The van der Waals surface area contributed by atoms with Crippen molar-refractivity contribution >= 4 is 11.9 Å². The van der Waals surface area contributed by atoms with E-state index in [1.165, 1.54) is 25.7 Å². The maximum atomic E-state index is 3.31. The van der Waals surface area contributed by atoms with Gasteiger partial charge in [0, 0.05) is 11.8 Å². The van der Waals surface area contributed by atoms with Gasteiger partial charge < -0.3 is 0 Å². The van der Waals surface area contributed by atoms with E-state index in [4.69, 9.17) is 0 Å². The minimum Gasteiger partial charge on any atom is -0.264 e. The zero-order chi connectivity index (χ0) is 6.53. The molecule has 0 unspecified atom stereocenters. The third-order valence-corrected chi connectivity index (χ3v) is 2.96. The van der Waals surface area contributed by atoms with E-state index in [2.05, 4.69) is 11.6 Å². The molecule has 0 aromatic rings. The molecule has 0 amide bonds. The van der Waals surface area contributed by atoms with E-state index in [-0.39, 0.29) is 0 Å². The molecule has 0 saturated heterocycles. The molecule has 1 aliphatic carbocycles. The van der Waals surface area contributed by atoms with Crippen LogP contribution in [-0.2, 0) is 0 Å². The molecule has 2 heteroatoms. The fourth-order valence-corrected chi connectivity index (χ4v) is 2.18. The van der Waals surface area contributed by atoms with Crippen LogP contribution in [0.2, 0.25) is 0 Å². The van der Waals surface area contributed by atoms with Gasteiger partial charge in [-0.15, -0.1) is 0 Å². The van der Waals surface area contributed by atoms with E-state index < -0.39 is 0 Å². The molecular weight excluding hydrogens is 130 g/mol. The van der Waals surface area contributed by atoms with Crippen molar-refractivity contribution in [3.63, 3.8) is 0 Å². The zero-order valence-electron chi connectivity index (χ0n) is 6.02. The average molecular weight is 145 g/mol. The van der Waals surface area contributed by atoms with E-state index in [9.17, 15) is 0 Å². The highest BCUT2D eigenvalue weighted by molar-refractivity contribution is 7.98. The summed E-state index contributed by atoms with van der Waals surface area (Å²) in [6, 6.07) is 0. The smallest absolute Gasteiger partial charge is 0.0193 e. The first-order valence-corrected chi connectivity index (χ1v) is 4.70. The Bertz CT molecular complexity index is 69.3. The second-order valence-corrected chi connectivity index (χ2v) is 3.71. The minimum absolute atomic E-state index is 0.921. The molecule has 1 nitrogen and oxygen atoms in total. The standard InChI is InChI=1S/C7H15NS/c1-2-8-9-7-5-3-4-6-7/h7-8H,2-6H2,1H3. The highest BCUT2D eigenvalue weighted by atomic mass is 32.2. The molecule has 0 aromatic heterocycles. The second-order valence-electron chi connectivity index (χ2n) is 2.52. The topological polar surface area (TPSA) is 12.0 Å². The quantitative estimate of drug-likeness (QED) is 0.611. The SMILES string of the molecule is CCNSC1CCCC1. The van der Waals surface area contributed by atoms with Crippen LogP contribution in [0.4, 0.5) is 0 Å². The monoisotopic (exact) mass is 145 g/mol. The third-order valence-electron chi connectivity index (χ3n) is 1.70. The van der Waals surface area contributed by atoms with Crippen LogP contribution in [0.1, 0.15) is 32.6 Å². The molecule has 1 aliphatic rings. The van der Waals surface area contributed by atoms with Crippen LogP contribution in [0.5, 0.6) is 0 Å². The molecular formula is C7H15NS. The molecule has 0 radical (unpaired) electrons. The summed E-state index contributed by atoms with van der Waals surface area (Å²) in [6.07, 6.45) is 5.75. The number of hydrogen-bond acceptors (Lipinski definition) is 2. The lowest BCUT2D eigenvalue weighted by Gasteiger charge is -2.06. The Labute approximate surface area is 61.7 Å². The number of hydrogen-bond donors (Lipinski definition) is 1. The van der Waals surface area contributed by atoms with Crippen molar-refractivity contribution in [2.75, 3.05) is 6.54 Å². The predicted molar refractivity (Wildman–Crippen MR) is 43.5 cm³/mol. The van der Waals surface area contributed by atoms with Gasteiger partial charge in [-0.2, -0.15) is 0 Å². The van der Waals surface area contributed by atoms with E-state index in [0.29, 0.717) is 0 Å². The first-order chi connectivity index (χ1) is 4.43. The Morgan fingerprint density at radius 3 is 2.67 bits per heavy atom. The summed E-state index contributed by atoms with van der Waals surface area (Å²) in [7, 11) is 0. The molecule has 0 bridgehead atoms. The van der Waals surface area contributed by atoms with Crippen molar-refractivity contribution in [1.29, 1.82) is 0 Å². The van der Waals surface area contributed by atoms with Crippen LogP contribution in [0, 0.1) is 0 Å². The maximum Gasteiger partial charge on any atom is 0.0193 e. The first-order valence-electron chi connectivity index (χ1n) is 3.82. The van der Waals surface area contributed by atoms with Gasteiger partial charge in [0.1, 0.15) is 0 Å². The van der Waals surface area contributed by atoms with Crippen molar-refractivity contribution in [3.8, 4) is 0 Å². The second kappa shape index (κ2) is 4.18. The van der Waals surface area contributed by atoms with Crippen molar-refractivity contribution in [2.45, 2.75) is 37.9 Å². The molecule has 1 rings (SSSR count). The van der Waals surface area contributed by atoms with Crippen LogP contribution in [0.15, 0.2) is 0 Å². The zero-order valence-corrected chi connectivity index (χ0v) is 6.84. The van der Waals surface area contributed by atoms with E-state index in [1.807, 2.05) is 11.9 Å². The van der Waals surface area contributed by atoms with Gasteiger partial charge in [0.2, 0.25) is 0 Å². The lowest BCUT2D eigenvalue weighted by atomic mass is 10.4. The van der Waals surface area contributed by atoms with E-state index in [0.717, 1.165) is 11.8 Å². The van der Waals surface area contributed by atoms with Crippen molar-refractivity contribution < 1.29 is 0 Å². The Balaban J connectivity index is 1.98. The van der Waals surface area contributed by atoms with Gasteiger partial charge in [-0.3, -0.25) is 4.72 Å². The largest absolute Gasteiger partial charge is 0.264 e. The predicted octanol–water partition coefficient (Wildman–Crippen LogP) is 2.19. The molecule has 1 N–H and O–H groups in total. The van der Waals surface area contributed by atoms with Gasteiger partial charge >= 0.3 is 0 Å². The molecule has 54 valence electrons. The van der Waals surface area contributed by atoms with Crippen molar-refractivity contribution in [1.82, 2.24) is 4.72 Å². The summed E-state index contributed by atoms with van der Waals surface area (Å²) in [6.45, 7) is 3.25. The van der Waals surface area contributed by atoms with Crippen LogP contribution >= 0.6 is 11.9 Å².